The standard InChI is InChI=1S/C12H20N4S/c1-16(10-5-3-4-9(10)7-13)11-6-12(17-2)15-8-14-11/h6,8-10H,3-5,7,13H2,1-2H3. The third-order valence-corrected chi connectivity index (χ3v) is 4.26. The van der Waals surface area contributed by atoms with E-state index in [1.807, 2.05) is 6.26 Å². The maximum absolute atomic E-state index is 5.83. The Morgan fingerprint density at radius 1 is 1.47 bits per heavy atom. The third-order valence-electron chi connectivity index (χ3n) is 3.62. The molecule has 1 heterocycles. The van der Waals surface area contributed by atoms with Crippen molar-refractivity contribution in [3.05, 3.63) is 12.4 Å². The first kappa shape index (κ1) is 12.6. The van der Waals surface area contributed by atoms with E-state index in [9.17, 15) is 0 Å². The summed E-state index contributed by atoms with van der Waals surface area (Å²) in [5.74, 6) is 1.61. The minimum Gasteiger partial charge on any atom is -0.356 e. The van der Waals surface area contributed by atoms with Crippen LogP contribution in [0.25, 0.3) is 0 Å². The van der Waals surface area contributed by atoms with Gasteiger partial charge in [-0.1, -0.05) is 6.42 Å². The zero-order valence-electron chi connectivity index (χ0n) is 10.5. The van der Waals surface area contributed by atoms with Crippen molar-refractivity contribution in [1.29, 1.82) is 0 Å². The Balaban J connectivity index is 2.15. The fraction of sp³-hybridized carbons (Fsp3) is 0.667. The third kappa shape index (κ3) is 2.72. The maximum Gasteiger partial charge on any atom is 0.133 e. The lowest BCUT2D eigenvalue weighted by molar-refractivity contribution is 0.471. The van der Waals surface area contributed by atoms with Gasteiger partial charge in [-0.15, -0.1) is 11.8 Å². The van der Waals surface area contributed by atoms with Crippen molar-refractivity contribution >= 4 is 17.6 Å². The van der Waals surface area contributed by atoms with Crippen molar-refractivity contribution in [1.82, 2.24) is 9.97 Å². The van der Waals surface area contributed by atoms with Crippen LogP contribution < -0.4 is 10.6 Å². The molecule has 94 valence electrons. The van der Waals surface area contributed by atoms with E-state index >= 15 is 0 Å². The van der Waals surface area contributed by atoms with Gasteiger partial charge in [0.05, 0.1) is 0 Å². The highest BCUT2D eigenvalue weighted by molar-refractivity contribution is 7.98. The first-order valence-electron chi connectivity index (χ1n) is 6.05. The second-order valence-corrected chi connectivity index (χ2v) is 5.35. The molecule has 0 bridgehead atoms. The number of thioether (sulfide) groups is 1. The molecule has 1 fully saturated rings. The fourth-order valence-electron chi connectivity index (χ4n) is 2.61. The highest BCUT2D eigenvalue weighted by atomic mass is 32.2. The van der Waals surface area contributed by atoms with Gasteiger partial charge >= 0.3 is 0 Å². The smallest absolute Gasteiger partial charge is 0.133 e. The van der Waals surface area contributed by atoms with Crippen molar-refractivity contribution in [3.8, 4) is 0 Å². The average molecular weight is 252 g/mol. The highest BCUT2D eigenvalue weighted by Gasteiger charge is 2.30. The van der Waals surface area contributed by atoms with E-state index in [4.69, 9.17) is 5.73 Å². The molecule has 0 saturated heterocycles. The second kappa shape index (κ2) is 5.69. The van der Waals surface area contributed by atoms with Crippen LogP contribution in [0.3, 0.4) is 0 Å². The number of rotatable bonds is 4. The van der Waals surface area contributed by atoms with Gasteiger partial charge in [0.25, 0.3) is 0 Å². The minimum absolute atomic E-state index is 0.532. The number of hydrogen-bond acceptors (Lipinski definition) is 5. The van der Waals surface area contributed by atoms with E-state index in [0.29, 0.717) is 12.0 Å². The quantitative estimate of drug-likeness (QED) is 0.653. The summed E-state index contributed by atoms with van der Waals surface area (Å²) in [6, 6.07) is 2.58. The van der Waals surface area contributed by atoms with Crippen LogP contribution in [-0.4, -0.2) is 35.9 Å². The molecule has 0 aliphatic heterocycles. The Morgan fingerprint density at radius 3 is 3.00 bits per heavy atom. The molecular formula is C12H20N4S. The van der Waals surface area contributed by atoms with Crippen molar-refractivity contribution in [2.45, 2.75) is 30.3 Å². The monoisotopic (exact) mass is 252 g/mol. The molecule has 1 aliphatic rings. The summed E-state index contributed by atoms with van der Waals surface area (Å²) in [5.41, 5.74) is 5.83. The summed E-state index contributed by atoms with van der Waals surface area (Å²) in [6.45, 7) is 0.773. The molecule has 5 heteroatoms. The van der Waals surface area contributed by atoms with E-state index in [-0.39, 0.29) is 0 Å². The molecule has 1 aliphatic carbocycles. The van der Waals surface area contributed by atoms with Gasteiger partial charge in [0.2, 0.25) is 0 Å². The maximum atomic E-state index is 5.83. The Hall–Kier alpha value is -0.810. The van der Waals surface area contributed by atoms with Crippen molar-refractivity contribution in [2.24, 2.45) is 11.7 Å². The summed E-state index contributed by atoms with van der Waals surface area (Å²) in [5, 5.41) is 1.02. The predicted octanol–water partition coefficient (Wildman–Crippen LogP) is 1.76. The number of nitrogens with zero attached hydrogens (tertiary/aromatic N) is 3. The Kier molecular flexibility index (Phi) is 4.23. The Bertz CT molecular complexity index is 371. The SMILES string of the molecule is CSc1cc(N(C)C2CCCC2CN)ncn1. The molecule has 1 saturated carbocycles. The molecular weight excluding hydrogens is 232 g/mol. The molecule has 2 rings (SSSR count). The molecule has 0 amide bonds. The number of aromatic nitrogens is 2. The van der Waals surface area contributed by atoms with Crippen LogP contribution in [0.4, 0.5) is 5.82 Å². The molecule has 1 aromatic rings. The van der Waals surface area contributed by atoms with Crippen LogP contribution >= 0.6 is 11.8 Å². The molecule has 2 unspecified atom stereocenters. The number of nitrogens with two attached hydrogens (primary N) is 1. The van der Waals surface area contributed by atoms with Gasteiger partial charge in [-0.2, -0.15) is 0 Å². The highest BCUT2D eigenvalue weighted by Crippen LogP contribution is 2.31. The zero-order valence-corrected chi connectivity index (χ0v) is 11.3. The van der Waals surface area contributed by atoms with Crippen molar-refractivity contribution < 1.29 is 0 Å². The van der Waals surface area contributed by atoms with Gasteiger partial charge in [0.15, 0.2) is 0 Å². The molecule has 17 heavy (non-hydrogen) atoms. The van der Waals surface area contributed by atoms with E-state index < -0.39 is 0 Å². The molecule has 0 radical (unpaired) electrons. The normalized spacial score (nSPS) is 23.9. The summed E-state index contributed by atoms with van der Waals surface area (Å²) in [4.78, 5) is 10.8. The molecule has 4 nitrogen and oxygen atoms in total. The van der Waals surface area contributed by atoms with E-state index in [1.54, 1.807) is 18.1 Å². The summed E-state index contributed by atoms with van der Waals surface area (Å²) >= 11 is 1.65. The average Bonchev–Trinajstić information content (AvgIpc) is 2.86. The first-order chi connectivity index (χ1) is 8.26. The lowest BCUT2D eigenvalue weighted by atomic mass is 10.0. The van der Waals surface area contributed by atoms with Crippen LogP contribution in [-0.2, 0) is 0 Å². The predicted molar refractivity (Wildman–Crippen MR) is 72.4 cm³/mol. The Morgan fingerprint density at radius 2 is 2.29 bits per heavy atom. The van der Waals surface area contributed by atoms with Crippen LogP contribution in [0, 0.1) is 5.92 Å². The van der Waals surface area contributed by atoms with E-state index in [1.165, 1.54) is 19.3 Å². The zero-order chi connectivity index (χ0) is 12.3. The number of hydrogen-bond donors (Lipinski definition) is 1. The van der Waals surface area contributed by atoms with Gasteiger partial charge in [-0.05, 0) is 31.6 Å². The van der Waals surface area contributed by atoms with Crippen LogP contribution in [0.5, 0.6) is 0 Å². The van der Waals surface area contributed by atoms with E-state index in [0.717, 1.165) is 17.4 Å². The lowest BCUT2D eigenvalue weighted by Gasteiger charge is -2.30. The van der Waals surface area contributed by atoms with Crippen LogP contribution in [0.15, 0.2) is 17.4 Å². The number of anilines is 1. The summed E-state index contributed by atoms with van der Waals surface area (Å²) in [6.07, 6.45) is 7.41. The molecule has 0 aromatic carbocycles. The van der Waals surface area contributed by atoms with Gasteiger partial charge < -0.3 is 10.6 Å². The molecule has 2 atom stereocenters. The van der Waals surface area contributed by atoms with E-state index in [2.05, 4.69) is 28.0 Å². The minimum atomic E-state index is 0.532. The van der Waals surface area contributed by atoms with Crippen LogP contribution in [0.1, 0.15) is 19.3 Å². The van der Waals surface area contributed by atoms with Gasteiger partial charge in [0, 0.05) is 19.2 Å². The first-order valence-corrected chi connectivity index (χ1v) is 7.27. The topological polar surface area (TPSA) is 55.0 Å². The van der Waals surface area contributed by atoms with Gasteiger partial charge in [0.1, 0.15) is 17.2 Å². The molecule has 0 spiro atoms. The lowest BCUT2D eigenvalue weighted by Crippen LogP contribution is -2.38. The molecule has 1 aromatic heterocycles. The largest absolute Gasteiger partial charge is 0.356 e. The second-order valence-electron chi connectivity index (χ2n) is 4.52. The van der Waals surface area contributed by atoms with Gasteiger partial charge in [-0.3, -0.25) is 0 Å². The van der Waals surface area contributed by atoms with Crippen molar-refractivity contribution in [3.63, 3.8) is 0 Å². The fourth-order valence-corrected chi connectivity index (χ4v) is 2.98. The van der Waals surface area contributed by atoms with Crippen molar-refractivity contribution in [2.75, 3.05) is 24.7 Å². The summed E-state index contributed by atoms with van der Waals surface area (Å²) in [7, 11) is 2.12. The van der Waals surface area contributed by atoms with Gasteiger partial charge in [-0.25, -0.2) is 9.97 Å². The molecule has 2 N–H and O–H groups in total. The summed E-state index contributed by atoms with van der Waals surface area (Å²) < 4.78 is 0. The Labute approximate surface area is 107 Å². The van der Waals surface area contributed by atoms with Crippen LogP contribution in [0.2, 0.25) is 0 Å².